The van der Waals surface area contributed by atoms with Crippen LogP contribution in [-0.4, -0.2) is 21.2 Å². The summed E-state index contributed by atoms with van der Waals surface area (Å²) in [5.41, 5.74) is 5.12. The van der Waals surface area contributed by atoms with Crippen molar-refractivity contribution in [1.82, 2.24) is 4.98 Å². The highest BCUT2D eigenvalue weighted by molar-refractivity contribution is 6.17. The van der Waals surface area contributed by atoms with E-state index in [1.807, 2.05) is 49.4 Å². The number of hydrogen-bond acceptors (Lipinski definition) is 6. The van der Waals surface area contributed by atoms with Gasteiger partial charge in [0.1, 0.15) is 16.9 Å². The van der Waals surface area contributed by atoms with Gasteiger partial charge in [0.25, 0.3) is 0 Å². The number of fused-ring (bicyclic) bond motifs is 5. The predicted molar refractivity (Wildman–Crippen MR) is 165 cm³/mol. The van der Waals surface area contributed by atoms with Crippen molar-refractivity contribution in [2.75, 3.05) is 5.32 Å². The summed E-state index contributed by atoms with van der Waals surface area (Å²) < 4.78 is 6.60. The van der Waals surface area contributed by atoms with Gasteiger partial charge in [0.05, 0.1) is 22.3 Å². The van der Waals surface area contributed by atoms with Gasteiger partial charge in [-0.2, -0.15) is 0 Å². The molecule has 7 rings (SSSR count). The molecule has 7 nitrogen and oxygen atoms in total. The van der Waals surface area contributed by atoms with Crippen LogP contribution in [0, 0.1) is 6.92 Å². The summed E-state index contributed by atoms with van der Waals surface area (Å²) in [5.74, 6) is -1.02. The molecule has 2 heterocycles. The van der Waals surface area contributed by atoms with Crippen molar-refractivity contribution in [2.45, 2.75) is 13.5 Å². The highest BCUT2D eigenvalue weighted by atomic mass is 16.4. The van der Waals surface area contributed by atoms with Crippen LogP contribution in [0.15, 0.2) is 106 Å². The average molecular weight is 553 g/mol. The van der Waals surface area contributed by atoms with Crippen LogP contribution in [0.25, 0.3) is 54.7 Å². The van der Waals surface area contributed by atoms with Gasteiger partial charge in [-0.25, -0.2) is 4.79 Å². The van der Waals surface area contributed by atoms with Gasteiger partial charge in [-0.1, -0.05) is 42.5 Å². The normalized spacial score (nSPS) is 11.5. The highest BCUT2D eigenvalue weighted by Gasteiger charge is 2.22. The number of carbonyl (C=O) groups is 1. The first kappa shape index (κ1) is 25.3. The van der Waals surface area contributed by atoms with Crippen molar-refractivity contribution in [1.29, 1.82) is 0 Å². The van der Waals surface area contributed by atoms with Gasteiger partial charge < -0.3 is 19.9 Å². The summed E-state index contributed by atoms with van der Waals surface area (Å²) in [6.45, 7) is 2.15. The smallest absolute Gasteiger partial charge is 0.336 e. The molecular weight excluding hydrogens is 528 g/mol. The van der Waals surface area contributed by atoms with Gasteiger partial charge in [0, 0.05) is 39.3 Å². The number of carboxylic acids is 1. The molecule has 0 bridgehead atoms. The van der Waals surface area contributed by atoms with Gasteiger partial charge in [-0.3, -0.25) is 9.78 Å². The summed E-state index contributed by atoms with van der Waals surface area (Å²) in [7, 11) is 0. The number of aromatic nitrogens is 1. The minimum Gasteiger partial charge on any atom is -0.507 e. The molecule has 0 aliphatic carbocycles. The number of carboxylic acid groups (broad SMARTS) is 1. The molecule has 7 heteroatoms. The average Bonchev–Trinajstić information content (AvgIpc) is 2.99. The standard InChI is InChI=1S/C35H24N2O5/c1-19-9-10-20-5-4-8-29(32(20)37-19)36-18-28-30(39)16-15-27-31(24-6-2-3-7-25(24)35(40)41)26-13-11-21-17-22(38)12-14-23(21)33(26)42-34(27)28/h2-17,36,39H,18H2,1H3,(H,40,41). The first-order valence-corrected chi connectivity index (χ1v) is 13.5. The van der Waals surface area contributed by atoms with Crippen molar-refractivity contribution in [2.24, 2.45) is 0 Å². The van der Waals surface area contributed by atoms with E-state index in [1.165, 1.54) is 6.07 Å². The van der Waals surface area contributed by atoms with Crippen LogP contribution < -0.4 is 10.7 Å². The number of nitrogens with zero attached hydrogens (tertiary/aromatic N) is 1. The Labute approximate surface area is 239 Å². The Morgan fingerprint density at radius 1 is 0.833 bits per heavy atom. The fraction of sp³-hybridized carbons (Fsp3) is 0.0571. The number of benzene rings is 5. The molecule has 2 aromatic heterocycles. The Kier molecular flexibility index (Phi) is 5.87. The molecule has 0 aliphatic heterocycles. The second-order valence-corrected chi connectivity index (χ2v) is 10.3. The molecule has 204 valence electrons. The van der Waals surface area contributed by atoms with Crippen molar-refractivity contribution in [3.8, 4) is 16.9 Å². The maximum atomic E-state index is 12.3. The first-order chi connectivity index (χ1) is 20.4. The second kappa shape index (κ2) is 9.74. The number of para-hydroxylation sites is 1. The molecule has 5 aromatic carbocycles. The number of anilines is 1. The monoisotopic (exact) mass is 552 g/mol. The number of phenols is 1. The largest absolute Gasteiger partial charge is 0.507 e. The fourth-order valence-corrected chi connectivity index (χ4v) is 5.68. The molecule has 0 aliphatic rings. The van der Waals surface area contributed by atoms with E-state index >= 15 is 0 Å². The molecule has 0 fully saturated rings. The van der Waals surface area contributed by atoms with Gasteiger partial charge in [-0.05, 0) is 72.5 Å². The quantitative estimate of drug-likeness (QED) is 0.149. The Hall–Kier alpha value is -5.69. The van der Waals surface area contributed by atoms with E-state index in [4.69, 9.17) is 9.40 Å². The molecule has 3 N–H and O–H groups in total. The molecule has 0 unspecified atom stereocenters. The van der Waals surface area contributed by atoms with Crippen LogP contribution in [0.2, 0.25) is 0 Å². The zero-order valence-electron chi connectivity index (χ0n) is 22.5. The maximum Gasteiger partial charge on any atom is 0.336 e. The number of nitrogens with one attached hydrogen (secondary N) is 1. The van der Waals surface area contributed by atoms with Crippen molar-refractivity contribution >= 4 is 55.3 Å². The zero-order valence-corrected chi connectivity index (χ0v) is 22.5. The number of aromatic carboxylic acids is 1. The van der Waals surface area contributed by atoms with Crippen LogP contribution in [0.5, 0.6) is 5.75 Å². The molecule has 0 radical (unpaired) electrons. The topological polar surface area (TPSA) is 113 Å². The number of phenolic OH excluding ortho intramolecular Hbond substituents is 1. The Balaban J connectivity index is 1.52. The third kappa shape index (κ3) is 4.10. The number of hydrogen-bond donors (Lipinski definition) is 3. The molecule has 7 aromatic rings. The van der Waals surface area contributed by atoms with Crippen LogP contribution in [0.1, 0.15) is 21.6 Å². The minimum absolute atomic E-state index is 0.0297. The minimum atomic E-state index is -1.05. The molecule has 0 spiro atoms. The molecule has 0 amide bonds. The molecule has 0 saturated heterocycles. The van der Waals surface area contributed by atoms with E-state index in [0.29, 0.717) is 49.4 Å². The van der Waals surface area contributed by atoms with Gasteiger partial charge in [0.15, 0.2) is 5.43 Å². The summed E-state index contributed by atoms with van der Waals surface area (Å²) >= 11 is 0. The van der Waals surface area contributed by atoms with Gasteiger partial charge in [0.2, 0.25) is 0 Å². The second-order valence-electron chi connectivity index (χ2n) is 10.3. The Bertz CT molecular complexity index is 2290. The first-order valence-electron chi connectivity index (χ1n) is 13.5. The Morgan fingerprint density at radius 3 is 2.45 bits per heavy atom. The number of aromatic hydroxyl groups is 1. The number of aryl methyl sites for hydroxylation is 1. The third-order valence-corrected chi connectivity index (χ3v) is 7.66. The molecular formula is C35H24N2O5. The lowest BCUT2D eigenvalue weighted by Gasteiger charge is -2.18. The van der Waals surface area contributed by atoms with Crippen LogP contribution in [-0.2, 0) is 6.54 Å². The van der Waals surface area contributed by atoms with E-state index in [-0.39, 0.29) is 23.3 Å². The van der Waals surface area contributed by atoms with E-state index in [9.17, 15) is 19.8 Å². The summed E-state index contributed by atoms with van der Waals surface area (Å²) in [6.07, 6.45) is 0. The summed E-state index contributed by atoms with van der Waals surface area (Å²) in [4.78, 5) is 29.2. The third-order valence-electron chi connectivity index (χ3n) is 7.66. The van der Waals surface area contributed by atoms with E-state index in [1.54, 1.807) is 48.5 Å². The number of pyridine rings is 1. The van der Waals surface area contributed by atoms with E-state index in [2.05, 4.69) is 5.32 Å². The van der Waals surface area contributed by atoms with Crippen molar-refractivity contribution < 1.29 is 19.4 Å². The zero-order chi connectivity index (χ0) is 29.0. The SMILES string of the molecule is Cc1ccc2cccc(NCc3c(O)ccc4c(-c5ccccc5C(=O)O)c5ccc6cc(=O)ccc6c5oc34)c2n1. The van der Waals surface area contributed by atoms with Gasteiger partial charge in [-0.15, -0.1) is 0 Å². The van der Waals surface area contributed by atoms with Crippen LogP contribution in [0.3, 0.4) is 0 Å². The van der Waals surface area contributed by atoms with E-state index < -0.39 is 5.97 Å². The summed E-state index contributed by atoms with van der Waals surface area (Å²) in [5, 5.41) is 28.4. The summed E-state index contributed by atoms with van der Waals surface area (Å²) in [6, 6.07) is 28.5. The molecule has 0 atom stereocenters. The van der Waals surface area contributed by atoms with Crippen LogP contribution >= 0.6 is 0 Å². The number of rotatable bonds is 5. The highest BCUT2D eigenvalue weighted by Crippen LogP contribution is 2.43. The predicted octanol–water partition coefficient (Wildman–Crippen LogP) is 7.64. The van der Waals surface area contributed by atoms with Gasteiger partial charge >= 0.3 is 5.97 Å². The lowest BCUT2D eigenvalue weighted by atomic mass is 9.91. The van der Waals surface area contributed by atoms with Crippen molar-refractivity contribution in [3.63, 3.8) is 0 Å². The lowest BCUT2D eigenvalue weighted by molar-refractivity contribution is 0.0697. The van der Waals surface area contributed by atoms with Crippen molar-refractivity contribution in [3.05, 3.63) is 124 Å². The van der Waals surface area contributed by atoms with E-state index in [0.717, 1.165) is 22.3 Å². The lowest BCUT2D eigenvalue weighted by Crippen LogP contribution is -2.04. The molecule has 42 heavy (non-hydrogen) atoms. The maximum absolute atomic E-state index is 12.3. The van der Waals surface area contributed by atoms with Crippen LogP contribution in [0.4, 0.5) is 5.69 Å². The Morgan fingerprint density at radius 2 is 1.60 bits per heavy atom. The fourth-order valence-electron chi connectivity index (χ4n) is 5.68. The molecule has 0 saturated carbocycles.